The summed E-state index contributed by atoms with van der Waals surface area (Å²) in [4.78, 5) is 0.392. The third-order valence-corrected chi connectivity index (χ3v) is 5.57. The summed E-state index contributed by atoms with van der Waals surface area (Å²) in [5.41, 5.74) is 2.82. The van der Waals surface area contributed by atoms with Crippen LogP contribution >= 0.6 is 0 Å². The van der Waals surface area contributed by atoms with E-state index in [0.717, 1.165) is 23.2 Å². The average molecular weight is 312 g/mol. The van der Waals surface area contributed by atoms with E-state index in [2.05, 4.69) is 10.0 Å². The van der Waals surface area contributed by atoms with Crippen molar-refractivity contribution in [3.8, 4) is 0 Å². The van der Waals surface area contributed by atoms with Gasteiger partial charge >= 0.3 is 0 Å². The number of benzene rings is 1. The summed E-state index contributed by atoms with van der Waals surface area (Å²) in [6.07, 6.45) is 0. The molecule has 0 spiro atoms. The molecule has 1 rings (SSSR count). The Morgan fingerprint density at radius 1 is 1.14 bits per heavy atom. The topological polar surface area (TPSA) is 58.2 Å². The molecule has 0 heterocycles. The van der Waals surface area contributed by atoms with Crippen molar-refractivity contribution in [2.75, 3.05) is 6.54 Å². The van der Waals surface area contributed by atoms with Gasteiger partial charge in [-0.1, -0.05) is 26.8 Å². The van der Waals surface area contributed by atoms with Crippen LogP contribution in [-0.4, -0.2) is 21.0 Å². The van der Waals surface area contributed by atoms with E-state index in [4.69, 9.17) is 0 Å². The molecule has 0 aliphatic rings. The highest BCUT2D eigenvalue weighted by atomic mass is 32.2. The van der Waals surface area contributed by atoms with Crippen molar-refractivity contribution < 1.29 is 8.42 Å². The quantitative estimate of drug-likeness (QED) is 0.814. The van der Waals surface area contributed by atoms with E-state index in [1.54, 1.807) is 6.07 Å². The molecule has 0 saturated carbocycles. The third-order valence-electron chi connectivity index (χ3n) is 3.89. The SMILES string of the molecule is CCNCc1cc(C)c(C)c(S(=O)(=O)NC(C)C(C)C)c1. The predicted molar refractivity (Wildman–Crippen MR) is 87.9 cm³/mol. The van der Waals surface area contributed by atoms with E-state index in [0.29, 0.717) is 11.4 Å². The van der Waals surface area contributed by atoms with Crippen molar-refractivity contribution in [3.05, 3.63) is 28.8 Å². The second kappa shape index (κ2) is 7.38. The molecule has 0 aliphatic heterocycles. The van der Waals surface area contributed by atoms with Gasteiger partial charge in [-0.15, -0.1) is 0 Å². The lowest BCUT2D eigenvalue weighted by Crippen LogP contribution is -2.36. The first-order valence-electron chi connectivity index (χ1n) is 7.52. The molecule has 1 atom stereocenters. The maximum atomic E-state index is 12.6. The lowest BCUT2D eigenvalue weighted by Gasteiger charge is -2.19. The summed E-state index contributed by atoms with van der Waals surface area (Å²) >= 11 is 0. The summed E-state index contributed by atoms with van der Waals surface area (Å²) in [7, 11) is -3.48. The molecule has 0 amide bonds. The van der Waals surface area contributed by atoms with Crippen LogP contribution in [0.15, 0.2) is 17.0 Å². The Hall–Kier alpha value is -0.910. The second-order valence-corrected chi connectivity index (χ2v) is 7.65. The van der Waals surface area contributed by atoms with Crippen LogP contribution < -0.4 is 10.0 Å². The van der Waals surface area contributed by atoms with Crippen molar-refractivity contribution >= 4 is 10.0 Å². The Kier molecular flexibility index (Phi) is 6.38. The number of hydrogen-bond acceptors (Lipinski definition) is 3. The van der Waals surface area contributed by atoms with Gasteiger partial charge in [-0.3, -0.25) is 0 Å². The standard InChI is InChI=1S/C16H28N2O2S/c1-7-17-10-15-8-12(4)13(5)16(9-15)21(19,20)18-14(6)11(2)3/h8-9,11,14,17-18H,7,10H2,1-6H3. The van der Waals surface area contributed by atoms with Crippen molar-refractivity contribution in [1.82, 2.24) is 10.0 Å². The first kappa shape index (κ1) is 18.1. The number of rotatable bonds is 7. The summed E-state index contributed by atoms with van der Waals surface area (Å²) in [6.45, 7) is 13.3. The highest BCUT2D eigenvalue weighted by molar-refractivity contribution is 7.89. The van der Waals surface area contributed by atoms with Gasteiger partial charge in [-0.05, 0) is 56.0 Å². The molecule has 4 nitrogen and oxygen atoms in total. The number of aryl methyl sites for hydroxylation is 1. The molecule has 2 N–H and O–H groups in total. The first-order chi connectivity index (χ1) is 9.69. The molecule has 0 fully saturated rings. The second-order valence-electron chi connectivity index (χ2n) is 5.97. The number of nitrogens with one attached hydrogen (secondary N) is 2. The lowest BCUT2D eigenvalue weighted by atomic mass is 10.1. The number of hydrogen-bond donors (Lipinski definition) is 2. The Bertz CT molecular complexity index is 580. The van der Waals surface area contributed by atoms with E-state index < -0.39 is 10.0 Å². The highest BCUT2D eigenvalue weighted by Crippen LogP contribution is 2.22. The molecule has 1 unspecified atom stereocenters. The van der Waals surface area contributed by atoms with Gasteiger partial charge in [0.05, 0.1) is 4.90 Å². The van der Waals surface area contributed by atoms with E-state index in [1.165, 1.54) is 0 Å². The normalized spacial score (nSPS) is 13.7. The molecule has 1 aromatic rings. The van der Waals surface area contributed by atoms with Gasteiger partial charge in [0.15, 0.2) is 0 Å². The lowest BCUT2D eigenvalue weighted by molar-refractivity contribution is 0.476. The molecule has 0 radical (unpaired) electrons. The minimum absolute atomic E-state index is 0.0906. The maximum Gasteiger partial charge on any atom is 0.241 e. The van der Waals surface area contributed by atoms with Gasteiger partial charge in [0.2, 0.25) is 10.0 Å². The van der Waals surface area contributed by atoms with Crippen molar-refractivity contribution in [2.45, 2.75) is 59.0 Å². The minimum atomic E-state index is -3.48. The zero-order valence-electron chi connectivity index (χ0n) is 13.9. The van der Waals surface area contributed by atoms with E-state index in [1.807, 2.05) is 47.6 Å². The van der Waals surface area contributed by atoms with Gasteiger partial charge in [0, 0.05) is 12.6 Å². The highest BCUT2D eigenvalue weighted by Gasteiger charge is 2.22. The zero-order valence-corrected chi connectivity index (χ0v) is 14.8. The van der Waals surface area contributed by atoms with Crippen LogP contribution in [0.1, 0.15) is 44.4 Å². The Morgan fingerprint density at radius 3 is 2.29 bits per heavy atom. The fraction of sp³-hybridized carbons (Fsp3) is 0.625. The van der Waals surface area contributed by atoms with Gasteiger partial charge < -0.3 is 5.32 Å². The van der Waals surface area contributed by atoms with Gasteiger partial charge in [-0.2, -0.15) is 0 Å². The zero-order chi connectivity index (χ0) is 16.2. The molecule has 0 saturated heterocycles. The first-order valence-corrected chi connectivity index (χ1v) is 9.00. The third kappa shape index (κ3) is 4.80. The van der Waals surface area contributed by atoms with Crippen LogP contribution in [0, 0.1) is 19.8 Å². The van der Waals surface area contributed by atoms with Gasteiger partial charge in [-0.25, -0.2) is 13.1 Å². The van der Waals surface area contributed by atoms with E-state index in [-0.39, 0.29) is 12.0 Å². The van der Waals surface area contributed by atoms with Crippen LogP contribution in [0.2, 0.25) is 0 Å². The molecular weight excluding hydrogens is 284 g/mol. The summed E-state index contributed by atoms with van der Waals surface area (Å²) in [5.74, 6) is 0.256. The summed E-state index contributed by atoms with van der Waals surface area (Å²) in [6, 6.07) is 3.73. The van der Waals surface area contributed by atoms with E-state index >= 15 is 0 Å². The average Bonchev–Trinajstić information content (AvgIpc) is 2.39. The summed E-state index contributed by atoms with van der Waals surface area (Å²) in [5, 5.41) is 3.23. The van der Waals surface area contributed by atoms with E-state index in [9.17, 15) is 8.42 Å². The van der Waals surface area contributed by atoms with Crippen LogP contribution in [0.25, 0.3) is 0 Å². The van der Waals surface area contributed by atoms with Crippen LogP contribution in [0.5, 0.6) is 0 Å². The molecule has 0 bridgehead atoms. The van der Waals surface area contributed by atoms with Crippen molar-refractivity contribution in [3.63, 3.8) is 0 Å². The van der Waals surface area contributed by atoms with Crippen molar-refractivity contribution in [1.29, 1.82) is 0 Å². The Morgan fingerprint density at radius 2 is 1.76 bits per heavy atom. The molecule has 120 valence electrons. The van der Waals surface area contributed by atoms with Gasteiger partial charge in [0.25, 0.3) is 0 Å². The molecule has 0 aromatic heterocycles. The van der Waals surface area contributed by atoms with Crippen molar-refractivity contribution in [2.24, 2.45) is 5.92 Å². The fourth-order valence-corrected chi connectivity index (χ4v) is 3.75. The van der Waals surface area contributed by atoms with Gasteiger partial charge in [0.1, 0.15) is 0 Å². The monoisotopic (exact) mass is 312 g/mol. The largest absolute Gasteiger partial charge is 0.313 e. The smallest absolute Gasteiger partial charge is 0.241 e. The molecule has 5 heteroatoms. The molecular formula is C16H28N2O2S. The van der Waals surface area contributed by atoms with Crippen LogP contribution in [-0.2, 0) is 16.6 Å². The maximum absolute atomic E-state index is 12.6. The Labute approximate surface area is 129 Å². The summed E-state index contributed by atoms with van der Waals surface area (Å²) < 4.78 is 28.0. The molecule has 1 aromatic carbocycles. The Balaban J connectivity index is 3.18. The fourth-order valence-electron chi connectivity index (χ4n) is 1.99. The minimum Gasteiger partial charge on any atom is -0.313 e. The predicted octanol–water partition coefficient (Wildman–Crippen LogP) is 2.74. The number of sulfonamides is 1. The van der Waals surface area contributed by atoms with Crippen LogP contribution in [0.3, 0.4) is 0 Å². The van der Waals surface area contributed by atoms with Crippen LogP contribution in [0.4, 0.5) is 0 Å². The molecule has 0 aliphatic carbocycles. The molecule has 21 heavy (non-hydrogen) atoms.